The summed E-state index contributed by atoms with van der Waals surface area (Å²) < 4.78 is 10.4. The van der Waals surface area contributed by atoms with Crippen molar-refractivity contribution in [2.75, 3.05) is 19.7 Å². The summed E-state index contributed by atoms with van der Waals surface area (Å²) in [5.74, 6) is 0.197. The Labute approximate surface area is 134 Å². The van der Waals surface area contributed by atoms with Crippen LogP contribution in [-0.4, -0.2) is 48.7 Å². The van der Waals surface area contributed by atoms with E-state index < -0.39 is 6.10 Å². The minimum Gasteiger partial charge on any atom is -0.479 e. The van der Waals surface area contributed by atoms with Gasteiger partial charge in [-0.15, -0.1) is 0 Å². The SMILES string of the molecule is C[C@@H](CN1CCOC1=O)NC(=O)[C@@H](C)Oc1ccccc1Cl. The molecule has 0 radical (unpaired) electrons. The molecule has 2 amide bonds. The van der Waals surface area contributed by atoms with Gasteiger partial charge in [0, 0.05) is 12.6 Å². The van der Waals surface area contributed by atoms with Crippen molar-refractivity contribution < 1.29 is 19.1 Å². The molecule has 0 aliphatic carbocycles. The van der Waals surface area contributed by atoms with Gasteiger partial charge in [0.25, 0.3) is 5.91 Å². The number of para-hydroxylation sites is 1. The average molecular weight is 327 g/mol. The van der Waals surface area contributed by atoms with Crippen LogP contribution in [0.5, 0.6) is 5.75 Å². The largest absolute Gasteiger partial charge is 0.479 e. The number of nitrogens with one attached hydrogen (secondary N) is 1. The summed E-state index contributed by atoms with van der Waals surface area (Å²) >= 11 is 5.99. The molecular weight excluding hydrogens is 308 g/mol. The molecule has 1 fully saturated rings. The van der Waals surface area contributed by atoms with Crippen molar-refractivity contribution >= 4 is 23.6 Å². The maximum Gasteiger partial charge on any atom is 0.410 e. The first-order valence-electron chi connectivity index (χ1n) is 7.10. The molecule has 120 valence electrons. The van der Waals surface area contributed by atoms with Crippen LogP contribution in [0.4, 0.5) is 4.79 Å². The second-order valence-corrected chi connectivity index (χ2v) is 5.57. The smallest absolute Gasteiger partial charge is 0.410 e. The molecule has 1 aromatic rings. The second-order valence-electron chi connectivity index (χ2n) is 5.16. The van der Waals surface area contributed by atoms with Crippen LogP contribution in [0.15, 0.2) is 24.3 Å². The van der Waals surface area contributed by atoms with Crippen LogP contribution in [-0.2, 0) is 9.53 Å². The number of ether oxygens (including phenoxy) is 2. The van der Waals surface area contributed by atoms with E-state index in [0.29, 0.717) is 30.5 Å². The Bertz CT molecular complexity index is 552. The predicted octanol–water partition coefficient (Wildman–Crippen LogP) is 2.06. The average Bonchev–Trinajstić information content (AvgIpc) is 2.86. The highest BCUT2D eigenvalue weighted by Gasteiger charge is 2.25. The van der Waals surface area contributed by atoms with Gasteiger partial charge in [-0.2, -0.15) is 0 Å². The molecule has 0 saturated carbocycles. The van der Waals surface area contributed by atoms with E-state index in [1.807, 2.05) is 6.92 Å². The molecule has 2 rings (SSSR count). The van der Waals surface area contributed by atoms with Crippen LogP contribution < -0.4 is 10.1 Å². The van der Waals surface area contributed by atoms with Gasteiger partial charge in [0.1, 0.15) is 12.4 Å². The van der Waals surface area contributed by atoms with Crippen molar-refractivity contribution in [1.82, 2.24) is 10.2 Å². The second kappa shape index (κ2) is 7.35. The molecule has 2 atom stereocenters. The van der Waals surface area contributed by atoms with E-state index in [-0.39, 0.29) is 18.0 Å². The molecule has 1 aliphatic rings. The summed E-state index contributed by atoms with van der Waals surface area (Å²) in [6.07, 6.45) is -1.03. The van der Waals surface area contributed by atoms with E-state index in [2.05, 4.69) is 5.32 Å². The van der Waals surface area contributed by atoms with Crippen molar-refractivity contribution in [3.05, 3.63) is 29.3 Å². The lowest BCUT2D eigenvalue weighted by Gasteiger charge is -2.22. The van der Waals surface area contributed by atoms with Gasteiger partial charge in [0.2, 0.25) is 0 Å². The van der Waals surface area contributed by atoms with Gasteiger partial charge in [0.15, 0.2) is 6.10 Å². The molecule has 0 bridgehead atoms. The molecule has 1 N–H and O–H groups in total. The lowest BCUT2D eigenvalue weighted by molar-refractivity contribution is -0.127. The normalized spacial score (nSPS) is 16.9. The van der Waals surface area contributed by atoms with Gasteiger partial charge in [-0.3, -0.25) is 4.79 Å². The number of carbonyl (C=O) groups is 2. The minimum absolute atomic E-state index is 0.199. The van der Waals surface area contributed by atoms with Gasteiger partial charge in [-0.05, 0) is 26.0 Å². The van der Waals surface area contributed by atoms with Gasteiger partial charge in [-0.1, -0.05) is 23.7 Å². The van der Waals surface area contributed by atoms with Crippen LogP contribution in [0.1, 0.15) is 13.8 Å². The van der Waals surface area contributed by atoms with Crippen molar-refractivity contribution in [3.63, 3.8) is 0 Å². The number of carbonyl (C=O) groups excluding carboxylic acids is 2. The lowest BCUT2D eigenvalue weighted by atomic mass is 10.2. The topological polar surface area (TPSA) is 67.9 Å². The third-order valence-electron chi connectivity index (χ3n) is 3.24. The molecule has 1 aromatic carbocycles. The number of nitrogens with zero attached hydrogens (tertiary/aromatic N) is 1. The van der Waals surface area contributed by atoms with E-state index >= 15 is 0 Å². The van der Waals surface area contributed by atoms with Gasteiger partial charge >= 0.3 is 6.09 Å². The first kappa shape index (κ1) is 16.4. The van der Waals surface area contributed by atoms with Crippen LogP contribution in [0, 0.1) is 0 Å². The number of hydrogen-bond acceptors (Lipinski definition) is 4. The Morgan fingerprint density at radius 2 is 2.18 bits per heavy atom. The zero-order chi connectivity index (χ0) is 16.1. The minimum atomic E-state index is -0.687. The lowest BCUT2D eigenvalue weighted by Crippen LogP contribution is -2.46. The van der Waals surface area contributed by atoms with E-state index in [4.69, 9.17) is 21.1 Å². The Morgan fingerprint density at radius 1 is 1.45 bits per heavy atom. The van der Waals surface area contributed by atoms with Gasteiger partial charge < -0.3 is 19.7 Å². The van der Waals surface area contributed by atoms with Crippen molar-refractivity contribution in [2.24, 2.45) is 0 Å². The fraction of sp³-hybridized carbons (Fsp3) is 0.467. The fourth-order valence-corrected chi connectivity index (χ4v) is 2.29. The highest BCUT2D eigenvalue weighted by Crippen LogP contribution is 2.24. The molecular formula is C15H19ClN2O4. The highest BCUT2D eigenvalue weighted by molar-refractivity contribution is 6.32. The van der Waals surface area contributed by atoms with Crippen LogP contribution in [0.25, 0.3) is 0 Å². The summed E-state index contributed by atoms with van der Waals surface area (Å²) in [5, 5.41) is 3.26. The molecule has 0 spiro atoms. The summed E-state index contributed by atoms with van der Waals surface area (Å²) in [7, 11) is 0. The molecule has 7 heteroatoms. The Morgan fingerprint density at radius 3 is 2.82 bits per heavy atom. The molecule has 1 aliphatic heterocycles. The Kier molecular flexibility index (Phi) is 5.49. The summed E-state index contributed by atoms with van der Waals surface area (Å²) in [6.45, 7) is 4.82. The molecule has 0 unspecified atom stereocenters. The van der Waals surface area contributed by atoms with Crippen molar-refractivity contribution in [1.29, 1.82) is 0 Å². The van der Waals surface area contributed by atoms with Crippen LogP contribution in [0.2, 0.25) is 5.02 Å². The maximum absolute atomic E-state index is 12.1. The molecule has 1 heterocycles. The first-order valence-corrected chi connectivity index (χ1v) is 7.48. The molecule has 0 aromatic heterocycles. The van der Waals surface area contributed by atoms with Crippen molar-refractivity contribution in [2.45, 2.75) is 26.0 Å². The van der Waals surface area contributed by atoms with Crippen LogP contribution in [0.3, 0.4) is 0 Å². The van der Waals surface area contributed by atoms with Crippen LogP contribution >= 0.6 is 11.6 Å². The number of halogens is 1. The van der Waals surface area contributed by atoms with E-state index in [1.54, 1.807) is 36.1 Å². The van der Waals surface area contributed by atoms with E-state index in [0.717, 1.165) is 0 Å². The van der Waals surface area contributed by atoms with E-state index in [9.17, 15) is 9.59 Å². The maximum atomic E-state index is 12.1. The number of hydrogen-bond donors (Lipinski definition) is 1. The third-order valence-corrected chi connectivity index (χ3v) is 3.55. The summed E-state index contributed by atoms with van der Waals surface area (Å²) in [4.78, 5) is 25.0. The zero-order valence-corrected chi connectivity index (χ0v) is 13.3. The highest BCUT2D eigenvalue weighted by atomic mass is 35.5. The first-order chi connectivity index (χ1) is 10.5. The van der Waals surface area contributed by atoms with E-state index in [1.165, 1.54) is 0 Å². The summed E-state index contributed by atoms with van der Waals surface area (Å²) in [5.41, 5.74) is 0. The third kappa shape index (κ3) is 4.27. The molecule has 1 saturated heterocycles. The standard InChI is InChI=1S/C15H19ClN2O4/c1-10(9-18-7-8-21-15(18)20)17-14(19)11(2)22-13-6-4-3-5-12(13)16/h3-6,10-11H,7-9H2,1-2H3,(H,17,19)/t10-,11+/m0/s1. The van der Waals surface area contributed by atoms with Gasteiger partial charge in [0.05, 0.1) is 11.6 Å². The number of cyclic esters (lactones) is 1. The molecule has 22 heavy (non-hydrogen) atoms. The van der Waals surface area contributed by atoms with Gasteiger partial charge in [-0.25, -0.2) is 4.79 Å². The molecule has 6 nitrogen and oxygen atoms in total. The van der Waals surface area contributed by atoms with Crippen molar-refractivity contribution in [3.8, 4) is 5.75 Å². The monoisotopic (exact) mass is 326 g/mol. The Hall–Kier alpha value is -1.95. The number of benzene rings is 1. The zero-order valence-electron chi connectivity index (χ0n) is 12.5. The quantitative estimate of drug-likeness (QED) is 0.869. The summed E-state index contributed by atoms with van der Waals surface area (Å²) in [6, 6.07) is 6.78. The number of amides is 2. The number of rotatable bonds is 6. The fourth-order valence-electron chi connectivity index (χ4n) is 2.11. The Balaban J connectivity index is 1.83. The predicted molar refractivity (Wildman–Crippen MR) is 82.1 cm³/mol.